The monoisotopic (exact) mass is 235 g/mol. The summed E-state index contributed by atoms with van der Waals surface area (Å²) in [5.74, 6) is 0. The predicted molar refractivity (Wildman–Crippen MR) is 60.1 cm³/mol. The Morgan fingerprint density at radius 1 is 1.41 bits per heavy atom. The number of amides is 1. The highest BCUT2D eigenvalue weighted by atomic mass is 16.5. The molecule has 1 aromatic rings. The van der Waals surface area contributed by atoms with Crippen LogP contribution in [0.15, 0.2) is 24.3 Å². The molecule has 1 fully saturated rings. The molecule has 0 aromatic heterocycles. The van der Waals surface area contributed by atoms with E-state index < -0.39 is 6.09 Å². The van der Waals surface area contributed by atoms with E-state index in [0.29, 0.717) is 25.3 Å². The number of aldehydes is 1. The Labute approximate surface area is 98.6 Å². The Hall–Kier alpha value is -1.88. The lowest BCUT2D eigenvalue weighted by Gasteiger charge is -2.31. The van der Waals surface area contributed by atoms with E-state index in [1.54, 1.807) is 24.3 Å². The number of benzene rings is 1. The van der Waals surface area contributed by atoms with Crippen molar-refractivity contribution in [2.45, 2.75) is 6.10 Å². The van der Waals surface area contributed by atoms with E-state index in [1.165, 1.54) is 4.90 Å². The van der Waals surface area contributed by atoms with Crippen LogP contribution in [0.2, 0.25) is 0 Å². The maximum Gasteiger partial charge on any atom is 0.407 e. The molecule has 5 nitrogen and oxygen atoms in total. The standard InChI is InChI=1S/C12H13NO4/c14-8-9-1-3-10(4-2-9)11-7-13(12(15)16)5-6-17-11/h1-4,8,11H,5-7H2,(H,15,16)/t11-/m1/s1. The fourth-order valence-electron chi connectivity index (χ4n) is 1.81. The van der Waals surface area contributed by atoms with Crippen molar-refractivity contribution in [3.63, 3.8) is 0 Å². The van der Waals surface area contributed by atoms with Gasteiger partial charge in [0.25, 0.3) is 0 Å². The molecule has 1 aliphatic rings. The van der Waals surface area contributed by atoms with Gasteiger partial charge < -0.3 is 14.7 Å². The first-order valence-corrected chi connectivity index (χ1v) is 5.35. The molecule has 1 atom stereocenters. The highest BCUT2D eigenvalue weighted by molar-refractivity contribution is 5.74. The van der Waals surface area contributed by atoms with Crippen molar-refractivity contribution >= 4 is 12.4 Å². The minimum absolute atomic E-state index is 0.249. The van der Waals surface area contributed by atoms with Crippen molar-refractivity contribution in [3.05, 3.63) is 35.4 Å². The van der Waals surface area contributed by atoms with Crippen LogP contribution in [-0.4, -0.2) is 42.1 Å². The van der Waals surface area contributed by atoms with Crippen molar-refractivity contribution in [2.24, 2.45) is 0 Å². The molecule has 0 radical (unpaired) electrons. The third kappa shape index (κ3) is 2.62. The first kappa shape index (κ1) is 11.6. The topological polar surface area (TPSA) is 66.8 Å². The first-order valence-electron chi connectivity index (χ1n) is 5.35. The number of carboxylic acid groups (broad SMARTS) is 1. The zero-order chi connectivity index (χ0) is 12.3. The summed E-state index contributed by atoms with van der Waals surface area (Å²) in [6.45, 7) is 1.13. The Morgan fingerprint density at radius 2 is 2.12 bits per heavy atom. The highest BCUT2D eigenvalue weighted by Crippen LogP contribution is 2.22. The van der Waals surface area contributed by atoms with E-state index in [0.717, 1.165) is 11.8 Å². The molecule has 17 heavy (non-hydrogen) atoms. The second-order valence-corrected chi connectivity index (χ2v) is 3.87. The van der Waals surface area contributed by atoms with Gasteiger partial charge in [-0.1, -0.05) is 24.3 Å². The summed E-state index contributed by atoms with van der Waals surface area (Å²) >= 11 is 0. The summed E-state index contributed by atoms with van der Waals surface area (Å²) < 4.78 is 5.52. The first-order chi connectivity index (χ1) is 8.20. The van der Waals surface area contributed by atoms with Gasteiger partial charge in [-0.25, -0.2) is 4.79 Å². The largest absolute Gasteiger partial charge is 0.465 e. The van der Waals surface area contributed by atoms with Crippen LogP contribution in [0.5, 0.6) is 0 Å². The smallest absolute Gasteiger partial charge is 0.407 e. The van der Waals surface area contributed by atoms with Crippen LogP contribution in [0.4, 0.5) is 4.79 Å². The molecule has 0 bridgehead atoms. The van der Waals surface area contributed by atoms with Gasteiger partial charge in [0.2, 0.25) is 0 Å². The number of hydrogen-bond donors (Lipinski definition) is 1. The fourth-order valence-corrected chi connectivity index (χ4v) is 1.81. The zero-order valence-electron chi connectivity index (χ0n) is 9.20. The van der Waals surface area contributed by atoms with Crippen molar-refractivity contribution in [1.29, 1.82) is 0 Å². The average molecular weight is 235 g/mol. The molecule has 1 N–H and O–H groups in total. The van der Waals surface area contributed by atoms with Gasteiger partial charge >= 0.3 is 6.09 Å². The van der Waals surface area contributed by atoms with Crippen LogP contribution in [0, 0.1) is 0 Å². The SMILES string of the molecule is O=Cc1ccc([C@H]2CN(C(=O)O)CCO2)cc1. The third-order valence-electron chi connectivity index (χ3n) is 2.78. The summed E-state index contributed by atoms with van der Waals surface area (Å²) in [6.07, 6.45) is -0.405. The Kier molecular flexibility index (Phi) is 3.39. The van der Waals surface area contributed by atoms with Crippen molar-refractivity contribution in [2.75, 3.05) is 19.7 Å². The molecule has 0 spiro atoms. The second kappa shape index (κ2) is 4.97. The van der Waals surface area contributed by atoms with E-state index >= 15 is 0 Å². The molecular weight excluding hydrogens is 222 g/mol. The molecule has 0 unspecified atom stereocenters. The quantitative estimate of drug-likeness (QED) is 0.790. The summed E-state index contributed by atoms with van der Waals surface area (Å²) in [5.41, 5.74) is 1.49. The van der Waals surface area contributed by atoms with E-state index in [1.807, 2.05) is 0 Å². The molecule has 0 aliphatic carbocycles. The molecule has 2 rings (SSSR count). The van der Waals surface area contributed by atoms with Gasteiger partial charge in [0.15, 0.2) is 0 Å². The number of rotatable bonds is 2. The predicted octanol–water partition coefficient (Wildman–Crippen LogP) is 1.55. The number of hydrogen-bond acceptors (Lipinski definition) is 3. The van der Waals surface area contributed by atoms with Crippen LogP contribution in [0.25, 0.3) is 0 Å². The fraction of sp³-hybridized carbons (Fsp3) is 0.333. The Balaban J connectivity index is 2.10. The molecule has 1 heterocycles. The normalized spacial score (nSPS) is 20.0. The van der Waals surface area contributed by atoms with Gasteiger partial charge in [0, 0.05) is 12.1 Å². The van der Waals surface area contributed by atoms with Crippen LogP contribution < -0.4 is 0 Å². The van der Waals surface area contributed by atoms with E-state index in [-0.39, 0.29) is 6.10 Å². The molecule has 5 heteroatoms. The average Bonchev–Trinajstić information content (AvgIpc) is 2.39. The molecule has 1 aliphatic heterocycles. The van der Waals surface area contributed by atoms with Gasteiger partial charge in [0.1, 0.15) is 12.4 Å². The molecular formula is C12H13NO4. The molecule has 90 valence electrons. The minimum atomic E-state index is -0.928. The van der Waals surface area contributed by atoms with Crippen LogP contribution in [0.1, 0.15) is 22.0 Å². The van der Waals surface area contributed by atoms with Crippen molar-refractivity contribution in [3.8, 4) is 0 Å². The van der Waals surface area contributed by atoms with Crippen molar-refractivity contribution in [1.82, 2.24) is 4.90 Å². The summed E-state index contributed by atoms with van der Waals surface area (Å²) in [6, 6.07) is 6.98. The van der Waals surface area contributed by atoms with Gasteiger partial charge in [0.05, 0.1) is 13.2 Å². The van der Waals surface area contributed by atoms with Crippen molar-refractivity contribution < 1.29 is 19.4 Å². The van der Waals surface area contributed by atoms with E-state index in [2.05, 4.69) is 0 Å². The molecule has 1 amide bonds. The number of carbonyl (C=O) groups is 2. The lowest BCUT2D eigenvalue weighted by Crippen LogP contribution is -2.41. The minimum Gasteiger partial charge on any atom is -0.465 e. The molecule has 1 aromatic carbocycles. The van der Waals surface area contributed by atoms with Crippen LogP contribution in [0.3, 0.4) is 0 Å². The molecule has 0 saturated carbocycles. The zero-order valence-corrected chi connectivity index (χ0v) is 9.20. The Morgan fingerprint density at radius 3 is 2.71 bits per heavy atom. The van der Waals surface area contributed by atoms with Gasteiger partial charge in [-0.3, -0.25) is 4.79 Å². The number of nitrogens with zero attached hydrogens (tertiary/aromatic N) is 1. The van der Waals surface area contributed by atoms with E-state index in [9.17, 15) is 9.59 Å². The number of carbonyl (C=O) groups excluding carboxylic acids is 1. The maximum absolute atomic E-state index is 10.9. The summed E-state index contributed by atoms with van der Waals surface area (Å²) in [5, 5.41) is 8.91. The Bertz CT molecular complexity index is 415. The molecule has 1 saturated heterocycles. The third-order valence-corrected chi connectivity index (χ3v) is 2.78. The highest BCUT2D eigenvalue weighted by Gasteiger charge is 2.24. The van der Waals surface area contributed by atoms with Gasteiger partial charge in [-0.15, -0.1) is 0 Å². The van der Waals surface area contributed by atoms with Crippen LogP contribution in [-0.2, 0) is 4.74 Å². The lowest BCUT2D eigenvalue weighted by molar-refractivity contribution is -0.0232. The second-order valence-electron chi connectivity index (χ2n) is 3.87. The summed E-state index contributed by atoms with van der Waals surface area (Å²) in [4.78, 5) is 22.7. The number of ether oxygens (including phenoxy) is 1. The number of morpholine rings is 1. The van der Waals surface area contributed by atoms with Gasteiger partial charge in [-0.2, -0.15) is 0 Å². The van der Waals surface area contributed by atoms with Gasteiger partial charge in [-0.05, 0) is 5.56 Å². The summed E-state index contributed by atoms with van der Waals surface area (Å²) in [7, 11) is 0. The lowest BCUT2D eigenvalue weighted by atomic mass is 10.1. The maximum atomic E-state index is 10.9. The van der Waals surface area contributed by atoms with Crippen LogP contribution >= 0.6 is 0 Å². The van der Waals surface area contributed by atoms with E-state index in [4.69, 9.17) is 9.84 Å².